The second-order valence-electron chi connectivity index (χ2n) is 4.97. The summed E-state index contributed by atoms with van der Waals surface area (Å²) in [5.41, 5.74) is 1.86. The summed E-state index contributed by atoms with van der Waals surface area (Å²) in [4.78, 5) is 10.1. The van der Waals surface area contributed by atoms with E-state index in [9.17, 15) is 4.39 Å². The molecule has 0 atom stereocenters. The van der Waals surface area contributed by atoms with E-state index >= 15 is 0 Å². The van der Waals surface area contributed by atoms with E-state index in [2.05, 4.69) is 25.5 Å². The van der Waals surface area contributed by atoms with E-state index in [1.54, 1.807) is 7.11 Å². The number of nitrogens with one attached hydrogen (secondary N) is 2. The van der Waals surface area contributed by atoms with Gasteiger partial charge < -0.3 is 20.3 Å². The van der Waals surface area contributed by atoms with Crippen LogP contribution in [0.5, 0.6) is 5.75 Å². The topological polar surface area (TPSA) is 62.3 Å². The highest BCUT2D eigenvalue weighted by Crippen LogP contribution is 2.31. The fourth-order valence-corrected chi connectivity index (χ4v) is 2.40. The lowest BCUT2D eigenvalue weighted by Gasteiger charge is -2.30. The van der Waals surface area contributed by atoms with Crippen molar-refractivity contribution in [1.29, 1.82) is 0 Å². The molecule has 1 fully saturated rings. The maximum absolute atomic E-state index is 12.8. The molecule has 0 bridgehead atoms. The highest BCUT2D eigenvalue weighted by Gasteiger charge is 2.13. The molecule has 1 aliphatic rings. The summed E-state index contributed by atoms with van der Waals surface area (Å²) in [6.45, 7) is 3.89. The molecule has 2 heterocycles. The molecule has 1 aromatic heterocycles. The molecule has 116 valence electrons. The normalized spacial score (nSPS) is 14.7. The van der Waals surface area contributed by atoms with Crippen molar-refractivity contribution in [1.82, 2.24) is 15.3 Å². The van der Waals surface area contributed by atoms with Crippen molar-refractivity contribution in [2.24, 2.45) is 0 Å². The Morgan fingerprint density at radius 3 is 2.64 bits per heavy atom. The molecular weight excluding hydrogens is 285 g/mol. The number of hydrogen-bond donors (Lipinski definition) is 2. The quantitative estimate of drug-likeness (QED) is 0.898. The third-order valence-electron chi connectivity index (χ3n) is 3.53. The summed E-state index contributed by atoms with van der Waals surface area (Å²) < 4.78 is 18.3. The number of aromatic nitrogens is 2. The minimum atomic E-state index is -0.466. The fraction of sp³-hybridized carbons (Fsp3) is 0.333. The number of ether oxygens (including phenoxy) is 1. The highest BCUT2D eigenvalue weighted by molar-refractivity contribution is 5.68. The Morgan fingerprint density at radius 1 is 1.23 bits per heavy atom. The third kappa shape index (κ3) is 3.25. The molecule has 22 heavy (non-hydrogen) atoms. The summed E-state index contributed by atoms with van der Waals surface area (Å²) in [5.74, 6) is 0.560. The van der Waals surface area contributed by atoms with Gasteiger partial charge in [0, 0.05) is 37.9 Å². The lowest BCUT2D eigenvalue weighted by atomic mass is 10.2. The van der Waals surface area contributed by atoms with Gasteiger partial charge >= 0.3 is 0 Å². The van der Waals surface area contributed by atoms with Gasteiger partial charge in [-0.05, 0) is 12.1 Å². The first kappa shape index (κ1) is 14.5. The zero-order valence-corrected chi connectivity index (χ0v) is 12.3. The van der Waals surface area contributed by atoms with E-state index in [-0.39, 0.29) is 0 Å². The van der Waals surface area contributed by atoms with Gasteiger partial charge in [-0.2, -0.15) is 0 Å². The van der Waals surface area contributed by atoms with Crippen LogP contribution < -0.4 is 20.3 Å². The molecule has 1 saturated heterocycles. The first-order valence-electron chi connectivity index (χ1n) is 7.14. The standard InChI is InChI=1S/C15H18FN5O/c1-22-14-8-12(21-6-4-17-5-7-21)2-3-13(14)20-15-18-9-11(16)10-19-15/h2-3,8-10,17H,4-7H2,1H3,(H,18,19,20). The van der Waals surface area contributed by atoms with E-state index < -0.39 is 5.82 Å². The Kier molecular flexibility index (Phi) is 4.34. The van der Waals surface area contributed by atoms with Crippen LogP contribution in [-0.2, 0) is 0 Å². The van der Waals surface area contributed by atoms with Crippen LogP contribution in [0.1, 0.15) is 0 Å². The van der Waals surface area contributed by atoms with Crippen LogP contribution >= 0.6 is 0 Å². The maximum atomic E-state index is 12.8. The second kappa shape index (κ2) is 6.57. The van der Waals surface area contributed by atoms with Gasteiger partial charge in [0.1, 0.15) is 5.75 Å². The monoisotopic (exact) mass is 303 g/mol. The number of benzene rings is 1. The first-order chi connectivity index (χ1) is 10.8. The zero-order valence-electron chi connectivity index (χ0n) is 12.3. The van der Waals surface area contributed by atoms with Gasteiger partial charge in [0.25, 0.3) is 0 Å². The number of piperazine rings is 1. The van der Waals surface area contributed by atoms with Crippen LogP contribution in [-0.4, -0.2) is 43.3 Å². The zero-order chi connectivity index (χ0) is 15.4. The molecule has 3 rings (SSSR count). The van der Waals surface area contributed by atoms with Gasteiger partial charge in [0.05, 0.1) is 25.2 Å². The molecule has 2 N–H and O–H groups in total. The van der Waals surface area contributed by atoms with Crippen LogP contribution in [0.4, 0.5) is 21.7 Å². The summed E-state index contributed by atoms with van der Waals surface area (Å²) in [6.07, 6.45) is 2.24. The minimum Gasteiger partial charge on any atom is -0.494 e. The summed E-state index contributed by atoms with van der Waals surface area (Å²) >= 11 is 0. The van der Waals surface area contributed by atoms with Gasteiger partial charge in [-0.3, -0.25) is 0 Å². The van der Waals surface area contributed by atoms with E-state index in [0.717, 1.165) is 49.9 Å². The largest absolute Gasteiger partial charge is 0.494 e. The molecule has 6 nitrogen and oxygen atoms in total. The van der Waals surface area contributed by atoms with Crippen LogP contribution in [0.15, 0.2) is 30.6 Å². The average Bonchev–Trinajstić information content (AvgIpc) is 2.58. The Hall–Kier alpha value is -2.41. The first-order valence-corrected chi connectivity index (χ1v) is 7.14. The van der Waals surface area contributed by atoms with Crippen LogP contribution in [0.3, 0.4) is 0 Å². The number of hydrogen-bond acceptors (Lipinski definition) is 6. The molecule has 1 aliphatic heterocycles. The number of nitrogens with zero attached hydrogens (tertiary/aromatic N) is 3. The van der Waals surface area contributed by atoms with Crippen molar-refractivity contribution in [3.8, 4) is 5.75 Å². The summed E-state index contributed by atoms with van der Waals surface area (Å²) in [7, 11) is 1.62. The lowest BCUT2D eigenvalue weighted by Crippen LogP contribution is -2.43. The predicted molar refractivity (Wildman–Crippen MR) is 83.3 cm³/mol. The summed E-state index contributed by atoms with van der Waals surface area (Å²) in [5, 5.41) is 6.37. The second-order valence-corrected chi connectivity index (χ2v) is 4.97. The number of rotatable bonds is 4. The minimum absolute atomic E-state index is 0.328. The van der Waals surface area contributed by atoms with Crippen molar-refractivity contribution < 1.29 is 9.13 Å². The molecule has 2 aromatic rings. The summed E-state index contributed by atoms with van der Waals surface area (Å²) in [6, 6.07) is 5.93. The average molecular weight is 303 g/mol. The molecule has 0 radical (unpaired) electrons. The fourth-order valence-electron chi connectivity index (χ4n) is 2.40. The van der Waals surface area contributed by atoms with Crippen LogP contribution in [0.25, 0.3) is 0 Å². The predicted octanol–water partition coefficient (Wildman–Crippen LogP) is 1.78. The molecule has 1 aromatic carbocycles. The van der Waals surface area contributed by atoms with Gasteiger partial charge in [-0.25, -0.2) is 14.4 Å². The molecular formula is C15H18FN5O. The number of halogens is 1. The maximum Gasteiger partial charge on any atom is 0.227 e. The Labute approximate surface area is 128 Å². The smallest absolute Gasteiger partial charge is 0.227 e. The number of methoxy groups -OCH3 is 1. The highest BCUT2D eigenvalue weighted by atomic mass is 19.1. The van der Waals surface area contributed by atoms with Gasteiger partial charge in [0.2, 0.25) is 5.95 Å². The van der Waals surface area contributed by atoms with Crippen LogP contribution in [0, 0.1) is 5.82 Å². The number of anilines is 3. The van der Waals surface area contributed by atoms with Crippen LogP contribution in [0.2, 0.25) is 0 Å². The molecule has 0 saturated carbocycles. The molecule has 7 heteroatoms. The van der Waals surface area contributed by atoms with Crippen molar-refractivity contribution >= 4 is 17.3 Å². The molecule has 0 amide bonds. The van der Waals surface area contributed by atoms with E-state index in [1.807, 2.05) is 18.2 Å². The van der Waals surface area contributed by atoms with Crippen molar-refractivity contribution in [2.45, 2.75) is 0 Å². The van der Waals surface area contributed by atoms with E-state index in [0.29, 0.717) is 11.7 Å². The third-order valence-corrected chi connectivity index (χ3v) is 3.53. The molecule has 0 spiro atoms. The lowest BCUT2D eigenvalue weighted by molar-refractivity contribution is 0.416. The van der Waals surface area contributed by atoms with Gasteiger partial charge in [-0.15, -0.1) is 0 Å². The van der Waals surface area contributed by atoms with Gasteiger partial charge in [-0.1, -0.05) is 0 Å². The Balaban J connectivity index is 1.80. The van der Waals surface area contributed by atoms with E-state index in [1.165, 1.54) is 0 Å². The Morgan fingerprint density at radius 2 is 1.95 bits per heavy atom. The molecule has 0 aliphatic carbocycles. The van der Waals surface area contributed by atoms with Crippen molar-refractivity contribution in [2.75, 3.05) is 43.5 Å². The molecule has 0 unspecified atom stereocenters. The van der Waals surface area contributed by atoms with Gasteiger partial charge in [0.15, 0.2) is 5.82 Å². The van der Waals surface area contributed by atoms with Crippen molar-refractivity contribution in [3.63, 3.8) is 0 Å². The SMILES string of the molecule is COc1cc(N2CCNCC2)ccc1Nc1ncc(F)cn1. The van der Waals surface area contributed by atoms with E-state index in [4.69, 9.17) is 4.74 Å². The van der Waals surface area contributed by atoms with Crippen molar-refractivity contribution in [3.05, 3.63) is 36.4 Å². The Bertz CT molecular complexity index is 628.